The van der Waals surface area contributed by atoms with Crippen molar-refractivity contribution in [3.63, 3.8) is 0 Å². The number of nitrogens with two attached hydrogens (primary N) is 2. The minimum absolute atomic E-state index is 0.0560. The monoisotopic (exact) mass is 291 g/mol. The summed E-state index contributed by atoms with van der Waals surface area (Å²) in [7, 11) is 0. The van der Waals surface area contributed by atoms with Gasteiger partial charge >= 0.3 is 5.97 Å². The normalized spacial score (nSPS) is 15.8. The average Bonchev–Trinajstić information content (AvgIpc) is 2.48. The van der Waals surface area contributed by atoms with Gasteiger partial charge < -0.3 is 21.1 Å². The molecule has 1 aromatic carbocycles. The molecule has 1 fully saturated rings. The number of rotatable bonds is 4. The average molecular weight is 291 g/mol. The minimum atomic E-state index is -0.413. The third-order valence-electron chi connectivity index (χ3n) is 3.79. The lowest BCUT2D eigenvalue weighted by Gasteiger charge is -2.32. The van der Waals surface area contributed by atoms with Gasteiger partial charge in [-0.3, -0.25) is 4.79 Å². The van der Waals surface area contributed by atoms with Crippen LogP contribution >= 0.6 is 0 Å². The topological polar surface area (TPSA) is 98.6 Å². The van der Waals surface area contributed by atoms with Gasteiger partial charge in [0.15, 0.2) is 0 Å². The van der Waals surface area contributed by atoms with Crippen LogP contribution in [0, 0.1) is 5.92 Å². The molecule has 1 amide bonds. The van der Waals surface area contributed by atoms with Crippen molar-refractivity contribution in [2.45, 2.75) is 19.8 Å². The lowest BCUT2D eigenvalue weighted by molar-refractivity contribution is -0.122. The zero-order valence-corrected chi connectivity index (χ0v) is 12.2. The van der Waals surface area contributed by atoms with Crippen molar-refractivity contribution < 1.29 is 14.3 Å². The third kappa shape index (κ3) is 3.45. The van der Waals surface area contributed by atoms with Crippen LogP contribution in [-0.2, 0) is 9.53 Å². The van der Waals surface area contributed by atoms with E-state index in [0.29, 0.717) is 17.9 Å². The molecule has 0 atom stereocenters. The molecule has 1 aromatic rings. The summed E-state index contributed by atoms with van der Waals surface area (Å²) in [6.45, 7) is 3.54. The van der Waals surface area contributed by atoms with Crippen molar-refractivity contribution in [1.82, 2.24) is 0 Å². The van der Waals surface area contributed by atoms with Crippen molar-refractivity contribution in [3.05, 3.63) is 23.8 Å². The number of carbonyl (C=O) groups excluding carboxylic acids is 2. The quantitative estimate of drug-likeness (QED) is 0.640. The summed E-state index contributed by atoms with van der Waals surface area (Å²) in [5, 5.41) is 0. The van der Waals surface area contributed by atoms with E-state index in [1.54, 1.807) is 19.1 Å². The number of nitrogens with zero attached hydrogens (tertiary/aromatic N) is 1. The number of hydrogen-bond acceptors (Lipinski definition) is 5. The van der Waals surface area contributed by atoms with E-state index in [4.69, 9.17) is 16.2 Å². The fourth-order valence-electron chi connectivity index (χ4n) is 2.55. The summed E-state index contributed by atoms with van der Waals surface area (Å²) in [5.41, 5.74) is 12.9. The summed E-state index contributed by atoms with van der Waals surface area (Å²) >= 11 is 0. The van der Waals surface area contributed by atoms with Gasteiger partial charge in [0.25, 0.3) is 0 Å². The number of nitrogen functional groups attached to an aromatic ring is 1. The highest BCUT2D eigenvalue weighted by atomic mass is 16.5. The van der Waals surface area contributed by atoms with Crippen LogP contribution in [0.15, 0.2) is 18.2 Å². The third-order valence-corrected chi connectivity index (χ3v) is 3.79. The van der Waals surface area contributed by atoms with E-state index in [2.05, 4.69) is 4.90 Å². The number of benzene rings is 1. The van der Waals surface area contributed by atoms with E-state index in [1.165, 1.54) is 0 Å². The number of ether oxygens (including phenoxy) is 1. The Bertz CT molecular complexity index is 537. The molecule has 0 aliphatic carbocycles. The van der Waals surface area contributed by atoms with Gasteiger partial charge in [-0.1, -0.05) is 0 Å². The predicted octanol–water partition coefficient (Wildman–Crippen LogP) is 1.15. The fourth-order valence-corrected chi connectivity index (χ4v) is 2.55. The fraction of sp³-hybridized carbons (Fsp3) is 0.467. The molecule has 6 heteroatoms. The molecule has 4 N–H and O–H groups in total. The molecule has 0 saturated carbocycles. The molecular weight excluding hydrogens is 270 g/mol. The number of piperidine rings is 1. The maximum atomic E-state index is 11.9. The van der Waals surface area contributed by atoms with Gasteiger partial charge in [-0.25, -0.2) is 4.79 Å². The van der Waals surface area contributed by atoms with Crippen molar-refractivity contribution in [2.75, 3.05) is 30.3 Å². The van der Waals surface area contributed by atoms with E-state index in [-0.39, 0.29) is 11.8 Å². The Morgan fingerprint density at radius 3 is 2.57 bits per heavy atom. The largest absolute Gasteiger partial charge is 0.462 e. The van der Waals surface area contributed by atoms with Gasteiger partial charge in [-0.05, 0) is 38.0 Å². The maximum Gasteiger partial charge on any atom is 0.340 e. The SMILES string of the molecule is CCOC(=O)c1cc(N2CCC(C(N)=O)CC2)ccc1N. The van der Waals surface area contributed by atoms with Crippen LogP contribution in [0.3, 0.4) is 0 Å². The van der Waals surface area contributed by atoms with Crippen LogP contribution in [0.1, 0.15) is 30.1 Å². The number of primary amides is 1. The smallest absolute Gasteiger partial charge is 0.340 e. The van der Waals surface area contributed by atoms with Crippen molar-refractivity contribution >= 4 is 23.3 Å². The van der Waals surface area contributed by atoms with Gasteiger partial charge in [0.1, 0.15) is 0 Å². The first-order valence-corrected chi connectivity index (χ1v) is 7.13. The van der Waals surface area contributed by atoms with E-state index in [0.717, 1.165) is 31.6 Å². The molecule has 1 heterocycles. The molecule has 2 rings (SSSR count). The minimum Gasteiger partial charge on any atom is -0.462 e. The standard InChI is InChI=1S/C15H21N3O3/c1-2-21-15(20)12-9-11(3-4-13(12)16)18-7-5-10(6-8-18)14(17)19/h3-4,9-10H,2,5-8,16H2,1H3,(H2,17,19). The Balaban J connectivity index is 2.13. The van der Waals surface area contributed by atoms with Gasteiger partial charge in [-0.15, -0.1) is 0 Å². The van der Waals surface area contributed by atoms with E-state index >= 15 is 0 Å². The van der Waals surface area contributed by atoms with Crippen LogP contribution in [0.5, 0.6) is 0 Å². The Morgan fingerprint density at radius 2 is 2.00 bits per heavy atom. The lowest BCUT2D eigenvalue weighted by atomic mass is 9.96. The first-order valence-electron chi connectivity index (χ1n) is 7.13. The molecule has 0 radical (unpaired) electrons. The van der Waals surface area contributed by atoms with Crippen molar-refractivity contribution in [3.8, 4) is 0 Å². The van der Waals surface area contributed by atoms with Gasteiger partial charge in [0, 0.05) is 30.4 Å². The molecule has 0 bridgehead atoms. The molecule has 0 unspecified atom stereocenters. The molecular formula is C15H21N3O3. The summed E-state index contributed by atoms with van der Waals surface area (Å²) in [5.74, 6) is -0.706. The Morgan fingerprint density at radius 1 is 1.33 bits per heavy atom. The highest BCUT2D eigenvalue weighted by Gasteiger charge is 2.24. The summed E-state index contributed by atoms with van der Waals surface area (Å²) in [6, 6.07) is 5.34. The predicted molar refractivity (Wildman–Crippen MR) is 80.9 cm³/mol. The zero-order chi connectivity index (χ0) is 15.4. The lowest BCUT2D eigenvalue weighted by Crippen LogP contribution is -2.38. The van der Waals surface area contributed by atoms with Crippen LogP contribution < -0.4 is 16.4 Å². The number of amides is 1. The van der Waals surface area contributed by atoms with Crippen LogP contribution in [-0.4, -0.2) is 31.6 Å². The molecule has 0 aromatic heterocycles. The number of anilines is 2. The van der Waals surface area contributed by atoms with Gasteiger partial charge in [0.05, 0.1) is 12.2 Å². The highest BCUT2D eigenvalue weighted by Crippen LogP contribution is 2.26. The molecule has 1 aliphatic rings. The number of hydrogen-bond donors (Lipinski definition) is 2. The summed E-state index contributed by atoms with van der Waals surface area (Å²) < 4.78 is 5.00. The Labute approximate surface area is 124 Å². The number of carbonyl (C=O) groups is 2. The van der Waals surface area contributed by atoms with E-state index < -0.39 is 5.97 Å². The highest BCUT2D eigenvalue weighted by molar-refractivity contribution is 5.96. The van der Waals surface area contributed by atoms with Crippen molar-refractivity contribution in [2.24, 2.45) is 11.7 Å². The molecule has 1 aliphatic heterocycles. The summed E-state index contributed by atoms with van der Waals surface area (Å²) in [6.07, 6.45) is 1.46. The second kappa shape index (κ2) is 6.47. The Hall–Kier alpha value is -2.24. The second-order valence-corrected chi connectivity index (χ2v) is 5.16. The second-order valence-electron chi connectivity index (χ2n) is 5.16. The summed E-state index contributed by atoms with van der Waals surface area (Å²) in [4.78, 5) is 25.2. The van der Waals surface area contributed by atoms with Gasteiger partial charge in [-0.2, -0.15) is 0 Å². The zero-order valence-electron chi connectivity index (χ0n) is 12.2. The Kier molecular flexibility index (Phi) is 4.67. The number of esters is 1. The first kappa shape index (κ1) is 15.2. The molecule has 114 valence electrons. The van der Waals surface area contributed by atoms with E-state index in [9.17, 15) is 9.59 Å². The van der Waals surface area contributed by atoms with Crippen molar-refractivity contribution in [1.29, 1.82) is 0 Å². The first-order chi connectivity index (χ1) is 10.0. The maximum absolute atomic E-state index is 11.9. The van der Waals surface area contributed by atoms with Gasteiger partial charge in [0.2, 0.25) is 5.91 Å². The molecule has 6 nitrogen and oxygen atoms in total. The molecule has 21 heavy (non-hydrogen) atoms. The molecule has 1 saturated heterocycles. The van der Waals surface area contributed by atoms with Crippen LogP contribution in [0.2, 0.25) is 0 Å². The van der Waals surface area contributed by atoms with Crippen LogP contribution in [0.25, 0.3) is 0 Å². The van der Waals surface area contributed by atoms with E-state index in [1.807, 2.05) is 6.07 Å². The van der Waals surface area contributed by atoms with Crippen LogP contribution in [0.4, 0.5) is 11.4 Å². The molecule has 0 spiro atoms.